The molecule has 0 radical (unpaired) electrons. The number of aliphatic carboxylic acids is 1. The smallest absolute Gasteiger partial charge is 0.305 e. The first kappa shape index (κ1) is 14.0. The molecule has 1 unspecified atom stereocenters. The van der Waals surface area contributed by atoms with E-state index in [-0.39, 0.29) is 17.9 Å². The molecule has 3 N–H and O–H groups in total. The molecule has 0 fully saturated rings. The highest BCUT2D eigenvalue weighted by molar-refractivity contribution is 5.82. The summed E-state index contributed by atoms with van der Waals surface area (Å²) in [6.07, 6.45) is 0.397. The molecule has 0 aliphatic carbocycles. The summed E-state index contributed by atoms with van der Waals surface area (Å²) >= 11 is 0. The van der Waals surface area contributed by atoms with E-state index in [9.17, 15) is 9.59 Å². The summed E-state index contributed by atoms with van der Waals surface area (Å²) in [5, 5.41) is 8.73. The van der Waals surface area contributed by atoms with Gasteiger partial charge in [0.1, 0.15) is 0 Å². The zero-order chi connectivity index (χ0) is 13.7. The number of nitrogens with two attached hydrogens (primary N) is 1. The molecule has 0 saturated heterocycles. The highest BCUT2D eigenvalue weighted by atomic mass is 16.5. The lowest BCUT2D eigenvalue weighted by atomic mass is 10.0. The van der Waals surface area contributed by atoms with Gasteiger partial charge in [0.25, 0.3) is 0 Å². The lowest BCUT2D eigenvalue weighted by Crippen LogP contribution is -2.16. The summed E-state index contributed by atoms with van der Waals surface area (Å²) < 4.78 is 10.3. The van der Waals surface area contributed by atoms with Crippen LogP contribution in [0.2, 0.25) is 0 Å². The van der Waals surface area contributed by atoms with Crippen LogP contribution in [-0.4, -0.2) is 31.6 Å². The molecule has 98 valence electrons. The van der Waals surface area contributed by atoms with Crippen LogP contribution >= 0.6 is 0 Å². The maximum atomic E-state index is 10.9. The minimum atomic E-state index is -1.01. The van der Waals surface area contributed by atoms with Gasteiger partial charge < -0.3 is 20.3 Å². The van der Waals surface area contributed by atoms with Crippen LogP contribution in [0.5, 0.6) is 11.5 Å². The number of hydrogen-bond donors (Lipinski definition) is 2. The first-order valence-corrected chi connectivity index (χ1v) is 5.22. The molecule has 0 amide bonds. The van der Waals surface area contributed by atoms with E-state index in [4.69, 9.17) is 20.3 Å². The van der Waals surface area contributed by atoms with Gasteiger partial charge in [-0.05, 0) is 6.07 Å². The van der Waals surface area contributed by atoms with Gasteiger partial charge in [0.15, 0.2) is 17.8 Å². The Morgan fingerprint density at radius 2 is 2.00 bits per heavy atom. The van der Waals surface area contributed by atoms with Crippen molar-refractivity contribution in [2.75, 3.05) is 14.2 Å². The average molecular weight is 253 g/mol. The summed E-state index contributed by atoms with van der Waals surface area (Å²) in [6, 6.07) is 2.36. The van der Waals surface area contributed by atoms with Crippen molar-refractivity contribution in [2.45, 2.75) is 12.5 Å². The van der Waals surface area contributed by atoms with Crippen LogP contribution in [0.1, 0.15) is 28.4 Å². The van der Waals surface area contributed by atoms with Gasteiger partial charge in [-0.3, -0.25) is 9.59 Å². The van der Waals surface area contributed by atoms with Gasteiger partial charge in [0, 0.05) is 11.6 Å². The first-order valence-electron chi connectivity index (χ1n) is 5.22. The average Bonchev–Trinajstić information content (AvgIpc) is 2.35. The van der Waals surface area contributed by atoms with Crippen molar-refractivity contribution >= 4 is 12.3 Å². The number of hydrogen-bond acceptors (Lipinski definition) is 5. The van der Waals surface area contributed by atoms with Crippen LogP contribution in [0.15, 0.2) is 12.1 Å². The van der Waals surface area contributed by atoms with E-state index in [0.29, 0.717) is 17.4 Å². The molecule has 1 rings (SSSR count). The van der Waals surface area contributed by atoms with E-state index in [1.54, 1.807) is 6.07 Å². The summed E-state index contributed by atoms with van der Waals surface area (Å²) in [4.78, 5) is 21.5. The molecular weight excluding hydrogens is 238 g/mol. The van der Waals surface area contributed by atoms with Crippen molar-refractivity contribution in [1.29, 1.82) is 0 Å². The Kier molecular flexibility index (Phi) is 4.67. The van der Waals surface area contributed by atoms with Gasteiger partial charge in [0.05, 0.1) is 26.2 Å². The van der Waals surface area contributed by atoms with Gasteiger partial charge in [-0.1, -0.05) is 6.07 Å². The third kappa shape index (κ3) is 2.78. The van der Waals surface area contributed by atoms with Crippen LogP contribution in [0.4, 0.5) is 0 Å². The summed E-state index contributed by atoms with van der Waals surface area (Å²) in [5.41, 5.74) is 6.59. The molecule has 1 aromatic rings. The van der Waals surface area contributed by atoms with Gasteiger partial charge >= 0.3 is 5.97 Å². The third-order valence-electron chi connectivity index (χ3n) is 2.50. The fourth-order valence-corrected chi connectivity index (χ4v) is 1.70. The molecule has 0 spiro atoms. The van der Waals surface area contributed by atoms with E-state index in [2.05, 4.69) is 0 Å². The highest BCUT2D eigenvalue weighted by Crippen LogP contribution is 2.37. The van der Waals surface area contributed by atoms with E-state index in [1.165, 1.54) is 20.3 Å². The van der Waals surface area contributed by atoms with Crippen LogP contribution < -0.4 is 15.2 Å². The molecule has 0 aliphatic heterocycles. The second-order valence-electron chi connectivity index (χ2n) is 3.63. The first-order chi connectivity index (χ1) is 8.54. The van der Waals surface area contributed by atoms with Crippen LogP contribution in [0, 0.1) is 0 Å². The summed E-state index contributed by atoms with van der Waals surface area (Å²) in [6.45, 7) is 0. The van der Waals surface area contributed by atoms with Crippen molar-refractivity contribution < 1.29 is 24.2 Å². The number of carbonyl (C=O) groups is 2. The number of methoxy groups -OCH3 is 2. The maximum Gasteiger partial charge on any atom is 0.305 e. The third-order valence-corrected chi connectivity index (χ3v) is 2.50. The normalized spacial score (nSPS) is 11.7. The van der Waals surface area contributed by atoms with Crippen LogP contribution in [0.3, 0.4) is 0 Å². The van der Waals surface area contributed by atoms with Gasteiger partial charge in [0.2, 0.25) is 0 Å². The lowest BCUT2D eigenvalue weighted by Gasteiger charge is -2.17. The second kappa shape index (κ2) is 6.02. The van der Waals surface area contributed by atoms with Crippen molar-refractivity contribution in [3.05, 3.63) is 23.3 Å². The number of carboxylic acids is 1. The fraction of sp³-hybridized carbons (Fsp3) is 0.333. The number of carboxylic acid groups (broad SMARTS) is 1. The number of aldehydes is 1. The monoisotopic (exact) mass is 253 g/mol. The number of carbonyl (C=O) groups excluding carboxylic acids is 1. The molecule has 6 nitrogen and oxygen atoms in total. The Hall–Kier alpha value is -2.08. The molecule has 0 aromatic heterocycles. The Morgan fingerprint density at radius 3 is 2.44 bits per heavy atom. The van der Waals surface area contributed by atoms with Gasteiger partial charge in [-0.25, -0.2) is 0 Å². The Balaban J connectivity index is 3.28. The predicted molar refractivity (Wildman–Crippen MR) is 64.1 cm³/mol. The molecule has 0 saturated carbocycles. The molecule has 0 aliphatic rings. The summed E-state index contributed by atoms with van der Waals surface area (Å²) in [7, 11) is 2.81. The Labute approximate surface area is 104 Å². The SMILES string of the molecule is COc1c(C=O)ccc(C(N)CC(=O)O)c1OC. The molecule has 0 heterocycles. The largest absolute Gasteiger partial charge is 0.492 e. The number of ether oxygens (including phenoxy) is 2. The van der Waals surface area contributed by atoms with E-state index >= 15 is 0 Å². The Morgan fingerprint density at radius 1 is 1.39 bits per heavy atom. The molecule has 1 aromatic carbocycles. The van der Waals surface area contributed by atoms with Gasteiger partial charge in [-0.2, -0.15) is 0 Å². The van der Waals surface area contributed by atoms with Gasteiger partial charge in [-0.15, -0.1) is 0 Å². The lowest BCUT2D eigenvalue weighted by molar-refractivity contribution is -0.137. The standard InChI is InChI=1S/C12H15NO5/c1-17-11-7(6-14)3-4-8(12(11)18-2)9(13)5-10(15)16/h3-4,6,9H,5,13H2,1-2H3,(H,15,16). The van der Waals surface area contributed by atoms with Crippen LogP contribution in [-0.2, 0) is 4.79 Å². The zero-order valence-corrected chi connectivity index (χ0v) is 10.2. The topological polar surface area (TPSA) is 98.9 Å². The van der Waals surface area contributed by atoms with E-state index < -0.39 is 12.0 Å². The fourth-order valence-electron chi connectivity index (χ4n) is 1.70. The van der Waals surface area contributed by atoms with Crippen molar-refractivity contribution in [3.63, 3.8) is 0 Å². The van der Waals surface area contributed by atoms with Crippen LogP contribution in [0.25, 0.3) is 0 Å². The zero-order valence-electron chi connectivity index (χ0n) is 10.2. The highest BCUT2D eigenvalue weighted by Gasteiger charge is 2.20. The van der Waals surface area contributed by atoms with Crippen molar-refractivity contribution in [1.82, 2.24) is 0 Å². The van der Waals surface area contributed by atoms with E-state index in [1.807, 2.05) is 0 Å². The molecule has 6 heteroatoms. The minimum absolute atomic E-state index is 0.236. The Bertz CT molecular complexity index is 458. The quantitative estimate of drug-likeness (QED) is 0.733. The van der Waals surface area contributed by atoms with Crippen molar-refractivity contribution in [2.24, 2.45) is 5.73 Å². The minimum Gasteiger partial charge on any atom is -0.492 e. The second-order valence-corrected chi connectivity index (χ2v) is 3.63. The molecule has 1 atom stereocenters. The molecular formula is C12H15NO5. The predicted octanol–water partition coefficient (Wildman–Crippen LogP) is 0.991. The summed E-state index contributed by atoms with van der Waals surface area (Å²) in [5.74, 6) is -0.468. The number of benzene rings is 1. The number of rotatable bonds is 6. The van der Waals surface area contributed by atoms with E-state index in [0.717, 1.165) is 0 Å². The molecule has 18 heavy (non-hydrogen) atoms. The molecule has 0 bridgehead atoms. The maximum absolute atomic E-state index is 10.9. The van der Waals surface area contributed by atoms with Crippen molar-refractivity contribution in [3.8, 4) is 11.5 Å².